The average molecular weight is 294 g/mol. The van der Waals surface area contributed by atoms with Gasteiger partial charge in [-0.2, -0.15) is 13.2 Å². The molecule has 0 aliphatic heterocycles. The third kappa shape index (κ3) is 4.60. The first kappa shape index (κ1) is 15.6. The average Bonchev–Trinajstić information content (AvgIpc) is 2.47. The quantitative estimate of drug-likeness (QED) is 0.859. The van der Waals surface area contributed by atoms with Gasteiger partial charge < -0.3 is 5.11 Å². The Kier molecular flexibility index (Phi) is 5.02. The summed E-state index contributed by atoms with van der Waals surface area (Å²) < 4.78 is 37.1. The third-order valence-corrected chi connectivity index (χ3v) is 3.43. The van der Waals surface area contributed by atoms with Crippen molar-refractivity contribution >= 4 is 0 Å². The van der Waals surface area contributed by atoms with Gasteiger partial charge in [-0.3, -0.25) is 0 Å². The fourth-order valence-corrected chi connectivity index (χ4v) is 2.44. The Morgan fingerprint density at radius 1 is 0.810 bits per heavy atom. The molecule has 2 aromatic carbocycles. The second-order valence-electron chi connectivity index (χ2n) is 5.02. The molecule has 0 saturated carbocycles. The van der Waals surface area contributed by atoms with E-state index in [0.29, 0.717) is 0 Å². The van der Waals surface area contributed by atoms with E-state index in [4.69, 9.17) is 0 Å². The molecule has 21 heavy (non-hydrogen) atoms. The standard InChI is InChI=1S/C17H17F3O/c18-17(19,20)12-11-15(21)16(13-7-3-1-4-8-13)14-9-5-2-6-10-14/h1-10,15-16,21H,11-12H2. The zero-order valence-corrected chi connectivity index (χ0v) is 11.4. The van der Waals surface area contributed by atoms with Gasteiger partial charge in [0.15, 0.2) is 0 Å². The van der Waals surface area contributed by atoms with Crippen LogP contribution in [-0.2, 0) is 0 Å². The highest BCUT2D eigenvalue weighted by Gasteiger charge is 2.31. The maximum atomic E-state index is 12.4. The van der Waals surface area contributed by atoms with E-state index in [-0.39, 0.29) is 6.42 Å². The second-order valence-corrected chi connectivity index (χ2v) is 5.02. The highest BCUT2D eigenvalue weighted by Crippen LogP contribution is 2.32. The monoisotopic (exact) mass is 294 g/mol. The maximum absolute atomic E-state index is 12.4. The van der Waals surface area contributed by atoms with Gasteiger partial charge in [-0.25, -0.2) is 0 Å². The number of hydrogen-bond acceptors (Lipinski definition) is 1. The molecule has 4 heteroatoms. The Labute approximate surface area is 122 Å². The van der Waals surface area contributed by atoms with Crippen molar-refractivity contribution < 1.29 is 18.3 Å². The van der Waals surface area contributed by atoms with Crippen LogP contribution in [0.5, 0.6) is 0 Å². The van der Waals surface area contributed by atoms with Crippen LogP contribution in [0.15, 0.2) is 60.7 Å². The number of aliphatic hydroxyl groups excluding tert-OH is 1. The van der Waals surface area contributed by atoms with Crippen LogP contribution in [0.25, 0.3) is 0 Å². The SMILES string of the molecule is OC(CCC(F)(F)F)C(c1ccccc1)c1ccccc1. The third-order valence-electron chi connectivity index (χ3n) is 3.43. The molecule has 0 heterocycles. The molecular formula is C17H17F3O. The summed E-state index contributed by atoms with van der Waals surface area (Å²) in [5.41, 5.74) is 1.64. The molecule has 1 unspecified atom stereocenters. The van der Waals surface area contributed by atoms with Crippen LogP contribution in [-0.4, -0.2) is 17.4 Å². The lowest BCUT2D eigenvalue weighted by atomic mass is 9.85. The van der Waals surface area contributed by atoms with E-state index in [2.05, 4.69) is 0 Å². The van der Waals surface area contributed by atoms with Gasteiger partial charge in [0.05, 0.1) is 6.10 Å². The summed E-state index contributed by atoms with van der Waals surface area (Å²) in [6.07, 6.45) is -6.61. The molecule has 1 atom stereocenters. The molecule has 0 aromatic heterocycles. The molecule has 0 aliphatic carbocycles. The number of benzene rings is 2. The first-order chi connectivity index (χ1) is 9.97. The number of hydrogen-bond donors (Lipinski definition) is 1. The lowest BCUT2D eigenvalue weighted by Crippen LogP contribution is -2.22. The highest BCUT2D eigenvalue weighted by molar-refractivity contribution is 5.33. The normalized spacial score (nSPS) is 13.4. The lowest BCUT2D eigenvalue weighted by molar-refractivity contribution is -0.140. The van der Waals surface area contributed by atoms with Crippen molar-refractivity contribution in [2.45, 2.75) is 31.0 Å². The highest BCUT2D eigenvalue weighted by atomic mass is 19.4. The molecule has 0 amide bonds. The summed E-state index contributed by atoms with van der Waals surface area (Å²) in [4.78, 5) is 0. The molecule has 1 N–H and O–H groups in total. The van der Waals surface area contributed by atoms with Crippen molar-refractivity contribution in [3.8, 4) is 0 Å². The zero-order chi connectivity index (χ0) is 15.3. The summed E-state index contributed by atoms with van der Waals surface area (Å²) in [6.45, 7) is 0. The van der Waals surface area contributed by atoms with Gasteiger partial charge >= 0.3 is 6.18 Å². The van der Waals surface area contributed by atoms with Crippen LogP contribution in [0.3, 0.4) is 0 Å². The summed E-state index contributed by atoms with van der Waals surface area (Å²) in [7, 11) is 0. The summed E-state index contributed by atoms with van der Waals surface area (Å²) >= 11 is 0. The van der Waals surface area contributed by atoms with Crippen LogP contribution in [0.4, 0.5) is 13.2 Å². The maximum Gasteiger partial charge on any atom is 0.389 e. The zero-order valence-electron chi connectivity index (χ0n) is 11.4. The number of aliphatic hydroxyl groups is 1. The second kappa shape index (κ2) is 6.76. The van der Waals surface area contributed by atoms with Crippen LogP contribution >= 0.6 is 0 Å². The van der Waals surface area contributed by atoms with Crippen molar-refractivity contribution in [1.82, 2.24) is 0 Å². The minimum Gasteiger partial charge on any atom is -0.392 e. The Bertz CT molecular complexity index is 497. The molecule has 1 nitrogen and oxygen atoms in total. The van der Waals surface area contributed by atoms with Gasteiger partial charge in [-0.1, -0.05) is 60.7 Å². The van der Waals surface area contributed by atoms with Crippen molar-refractivity contribution in [2.24, 2.45) is 0 Å². The summed E-state index contributed by atoms with van der Waals surface area (Å²) in [5, 5.41) is 10.3. The number of alkyl halides is 3. The van der Waals surface area contributed by atoms with Gasteiger partial charge in [-0.05, 0) is 17.5 Å². The Morgan fingerprint density at radius 3 is 1.62 bits per heavy atom. The van der Waals surface area contributed by atoms with Gasteiger partial charge in [0.1, 0.15) is 0 Å². The Balaban J connectivity index is 2.25. The molecule has 0 bridgehead atoms. The number of halogens is 3. The van der Waals surface area contributed by atoms with Crippen LogP contribution in [0, 0.1) is 0 Å². The largest absolute Gasteiger partial charge is 0.392 e. The molecule has 0 saturated heterocycles. The van der Waals surface area contributed by atoms with Crippen molar-refractivity contribution in [3.05, 3.63) is 71.8 Å². The molecule has 0 fully saturated rings. The topological polar surface area (TPSA) is 20.2 Å². The molecule has 0 radical (unpaired) electrons. The molecule has 2 aromatic rings. The van der Waals surface area contributed by atoms with Gasteiger partial charge in [-0.15, -0.1) is 0 Å². The lowest BCUT2D eigenvalue weighted by Gasteiger charge is -2.24. The van der Waals surface area contributed by atoms with Crippen LogP contribution < -0.4 is 0 Å². The predicted molar refractivity (Wildman–Crippen MR) is 76.0 cm³/mol. The molecule has 2 rings (SSSR count). The smallest absolute Gasteiger partial charge is 0.389 e. The van der Waals surface area contributed by atoms with Crippen molar-refractivity contribution in [2.75, 3.05) is 0 Å². The number of rotatable bonds is 5. The Hall–Kier alpha value is -1.81. The van der Waals surface area contributed by atoms with Gasteiger partial charge in [0.25, 0.3) is 0 Å². The van der Waals surface area contributed by atoms with Crippen molar-refractivity contribution in [1.29, 1.82) is 0 Å². The Morgan fingerprint density at radius 2 is 1.24 bits per heavy atom. The molecule has 112 valence electrons. The fourth-order valence-electron chi connectivity index (χ4n) is 2.44. The van der Waals surface area contributed by atoms with E-state index >= 15 is 0 Å². The van der Waals surface area contributed by atoms with E-state index < -0.39 is 24.6 Å². The van der Waals surface area contributed by atoms with E-state index in [1.807, 2.05) is 60.7 Å². The van der Waals surface area contributed by atoms with E-state index in [1.165, 1.54) is 0 Å². The van der Waals surface area contributed by atoms with E-state index in [1.54, 1.807) is 0 Å². The van der Waals surface area contributed by atoms with Gasteiger partial charge in [0, 0.05) is 12.3 Å². The van der Waals surface area contributed by atoms with Crippen LogP contribution in [0.2, 0.25) is 0 Å². The fraction of sp³-hybridized carbons (Fsp3) is 0.294. The van der Waals surface area contributed by atoms with E-state index in [9.17, 15) is 18.3 Å². The van der Waals surface area contributed by atoms with Crippen LogP contribution in [0.1, 0.15) is 29.9 Å². The predicted octanol–water partition coefficient (Wildman–Crippen LogP) is 4.52. The van der Waals surface area contributed by atoms with Crippen molar-refractivity contribution in [3.63, 3.8) is 0 Å². The first-order valence-corrected chi connectivity index (χ1v) is 6.82. The van der Waals surface area contributed by atoms with E-state index in [0.717, 1.165) is 11.1 Å². The molecule has 0 aliphatic rings. The summed E-state index contributed by atoms with van der Waals surface area (Å²) in [6, 6.07) is 18.3. The van der Waals surface area contributed by atoms with Gasteiger partial charge in [0.2, 0.25) is 0 Å². The minimum absolute atomic E-state index is 0.308. The summed E-state index contributed by atoms with van der Waals surface area (Å²) in [5.74, 6) is -0.449. The minimum atomic E-state index is -4.25. The molecular weight excluding hydrogens is 277 g/mol. The first-order valence-electron chi connectivity index (χ1n) is 6.82. The molecule has 0 spiro atoms.